The fourth-order valence-corrected chi connectivity index (χ4v) is 1.99. The maximum Gasteiger partial charge on any atom is 0.275 e. The third-order valence-corrected chi connectivity index (χ3v) is 3.39. The minimum atomic E-state index is -0.106. The average molecular weight is 313 g/mol. The summed E-state index contributed by atoms with van der Waals surface area (Å²) in [6.07, 6.45) is 5.70. The molecule has 23 heavy (non-hydrogen) atoms. The molecule has 1 amide bonds. The van der Waals surface area contributed by atoms with Gasteiger partial charge < -0.3 is 9.80 Å². The van der Waals surface area contributed by atoms with Crippen molar-refractivity contribution < 1.29 is 4.79 Å². The van der Waals surface area contributed by atoms with E-state index in [1.54, 1.807) is 22.8 Å². The maximum absolute atomic E-state index is 12.2. The van der Waals surface area contributed by atoms with E-state index in [9.17, 15) is 4.79 Å². The molecule has 0 bridgehead atoms. The van der Waals surface area contributed by atoms with Gasteiger partial charge in [0.15, 0.2) is 5.69 Å². The predicted molar refractivity (Wildman–Crippen MR) is 91.0 cm³/mol. The van der Waals surface area contributed by atoms with Crippen molar-refractivity contribution >= 4 is 12.0 Å². The first-order chi connectivity index (χ1) is 11.1. The Balaban J connectivity index is 1.90. The van der Waals surface area contributed by atoms with E-state index in [0.717, 1.165) is 12.1 Å². The van der Waals surface area contributed by atoms with Gasteiger partial charge in [-0.15, -0.1) is 5.10 Å². The monoisotopic (exact) mass is 313 g/mol. The molecule has 0 aliphatic rings. The molecule has 0 unspecified atom stereocenters. The zero-order chi connectivity index (χ0) is 16.7. The Hall–Kier alpha value is -2.47. The Kier molecular flexibility index (Phi) is 6.05. The summed E-state index contributed by atoms with van der Waals surface area (Å²) in [5, 5.41) is 7.97. The van der Waals surface area contributed by atoms with Crippen molar-refractivity contribution in [2.75, 3.05) is 34.2 Å². The van der Waals surface area contributed by atoms with Gasteiger partial charge in [0, 0.05) is 20.1 Å². The molecule has 0 saturated carbocycles. The minimum absolute atomic E-state index is 0.106. The molecule has 2 rings (SSSR count). The number of carbonyl (C=O) groups excluding carboxylic acids is 1. The number of amides is 1. The molecule has 122 valence electrons. The number of allylic oxidation sites excluding steroid dienone is 1. The molecule has 6 nitrogen and oxygen atoms in total. The molecule has 0 saturated heterocycles. The van der Waals surface area contributed by atoms with Crippen molar-refractivity contribution in [2.45, 2.75) is 6.54 Å². The van der Waals surface area contributed by atoms with Crippen LogP contribution in [0, 0.1) is 0 Å². The van der Waals surface area contributed by atoms with Gasteiger partial charge in [0.2, 0.25) is 0 Å². The third-order valence-electron chi connectivity index (χ3n) is 3.39. The molecule has 1 aromatic carbocycles. The molecule has 2 aromatic rings. The van der Waals surface area contributed by atoms with Crippen LogP contribution < -0.4 is 0 Å². The van der Waals surface area contributed by atoms with E-state index in [4.69, 9.17) is 0 Å². The fraction of sp³-hybridized carbons (Fsp3) is 0.353. The van der Waals surface area contributed by atoms with Gasteiger partial charge in [-0.25, -0.2) is 4.68 Å². The summed E-state index contributed by atoms with van der Waals surface area (Å²) in [5.41, 5.74) is 1.51. The Bertz CT molecular complexity index is 648. The van der Waals surface area contributed by atoms with Crippen LogP contribution in [0.3, 0.4) is 0 Å². The van der Waals surface area contributed by atoms with Gasteiger partial charge in [-0.1, -0.05) is 47.7 Å². The van der Waals surface area contributed by atoms with Crippen molar-refractivity contribution in [2.24, 2.45) is 0 Å². The van der Waals surface area contributed by atoms with Gasteiger partial charge in [0.05, 0.1) is 12.7 Å². The summed E-state index contributed by atoms with van der Waals surface area (Å²) in [7, 11) is 5.74. The molecule has 0 aliphatic heterocycles. The summed E-state index contributed by atoms with van der Waals surface area (Å²) in [5.74, 6) is -0.106. The zero-order valence-electron chi connectivity index (χ0n) is 13.9. The van der Waals surface area contributed by atoms with E-state index in [2.05, 4.69) is 10.3 Å². The summed E-state index contributed by atoms with van der Waals surface area (Å²) >= 11 is 0. The number of carbonyl (C=O) groups is 1. The number of aromatic nitrogens is 3. The van der Waals surface area contributed by atoms with Crippen molar-refractivity contribution in [1.29, 1.82) is 0 Å². The number of benzene rings is 1. The lowest BCUT2D eigenvalue weighted by Gasteiger charge is -2.18. The number of likely N-dealkylation sites (N-methyl/N-ethyl adjacent to an activating group) is 2. The van der Waals surface area contributed by atoms with Crippen LogP contribution in [0.4, 0.5) is 0 Å². The fourth-order valence-electron chi connectivity index (χ4n) is 1.99. The van der Waals surface area contributed by atoms with Crippen LogP contribution in [-0.2, 0) is 6.54 Å². The van der Waals surface area contributed by atoms with Crippen molar-refractivity contribution in [3.05, 3.63) is 53.9 Å². The Labute approximate surface area is 137 Å². The van der Waals surface area contributed by atoms with Crippen LogP contribution in [0.1, 0.15) is 16.1 Å². The lowest BCUT2D eigenvalue weighted by atomic mass is 10.2. The average Bonchev–Trinajstić information content (AvgIpc) is 3.01. The first-order valence-corrected chi connectivity index (χ1v) is 7.58. The molecule has 0 atom stereocenters. The molecular formula is C17H23N5O. The molecule has 0 radical (unpaired) electrons. The van der Waals surface area contributed by atoms with E-state index >= 15 is 0 Å². The molecule has 0 aliphatic carbocycles. The van der Waals surface area contributed by atoms with Crippen LogP contribution in [0.25, 0.3) is 6.08 Å². The second-order valence-electron chi connectivity index (χ2n) is 5.67. The minimum Gasteiger partial charge on any atom is -0.339 e. The molecule has 6 heteroatoms. The third kappa shape index (κ3) is 5.34. The highest BCUT2D eigenvalue weighted by atomic mass is 16.2. The van der Waals surface area contributed by atoms with Crippen LogP contribution in [-0.4, -0.2) is 64.9 Å². The van der Waals surface area contributed by atoms with E-state index in [-0.39, 0.29) is 5.91 Å². The standard InChI is InChI=1S/C17H23N5O/c1-20(2)12-13-21(3)17(23)16-14-22(19-18-16)11-7-10-15-8-5-4-6-9-15/h4-10,14H,11-13H2,1-3H3/b10-7+. The van der Waals surface area contributed by atoms with Crippen LogP contribution in [0.15, 0.2) is 42.6 Å². The normalized spacial score (nSPS) is 11.3. The van der Waals surface area contributed by atoms with Gasteiger partial charge >= 0.3 is 0 Å². The van der Waals surface area contributed by atoms with Crippen LogP contribution in [0.5, 0.6) is 0 Å². The van der Waals surface area contributed by atoms with E-state index in [1.807, 2.05) is 61.5 Å². The molecular weight excluding hydrogens is 290 g/mol. The van der Waals surface area contributed by atoms with E-state index in [1.165, 1.54) is 0 Å². The number of hydrogen-bond acceptors (Lipinski definition) is 4. The SMILES string of the molecule is CN(C)CCN(C)C(=O)c1cn(C/C=C/c2ccccc2)nn1. The highest BCUT2D eigenvalue weighted by molar-refractivity contribution is 5.91. The largest absolute Gasteiger partial charge is 0.339 e. The molecule has 0 spiro atoms. The van der Waals surface area contributed by atoms with Crippen LogP contribution in [0.2, 0.25) is 0 Å². The topological polar surface area (TPSA) is 54.3 Å². The zero-order valence-corrected chi connectivity index (χ0v) is 13.9. The molecule has 0 N–H and O–H groups in total. The van der Waals surface area contributed by atoms with Crippen molar-refractivity contribution in [3.8, 4) is 0 Å². The van der Waals surface area contributed by atoms with Gasteiger partial charge in [-0.3, -0.25) is 4.79 Å². The first-order valence-electron chi connectivity index (χ1n) is 7.58. The van der Waals surface area contributed by atoms with Gasteiger partial charge in [0.25, 0.3) is 5.91 Å². The highest BCUT2D eigenvalue weighted by Gasteiger charge is 2.15. The van der Waals surface area contributed by atoms with E-state index < -0.39 is 0 Å². The summed E-state index contributed by atoms with van der Waals surface area (Å²) in [6, 6.07) is 10.0. The summed E-state index contributed by atoms with van der Waals surface area (Å²) in [6.45, 7) is 2.05. The maximum atomic E-state index is 12.2. The highest BCUT2D eigenvalue weighted by Crippen LogP contribution is 2.03. The van der Waals surface area contributed by atoms with Gasteiger partial charge in [-0.05, 0) is 19.7 Å². The van der Waals surface area contributed by atoms with Gasteiger partial charge in [0.1, 0.15) is 0 Å². The van der Waals surface area contributed by atoms with Gasteiger partial charge in [-0.2, -0.15) is 0 Å². The lowest BCUT2D eigenvalue weighted by molar-refractivity contribution is 0.0780. The Morgan fingerprint density at radius 3 is 2.61 bits per heavy atom. The van der Waals surface area contributed by atoms with E-state index in [0.29, 0.717) is 18.8 Å². The summed E-state index contributed by atoms with van der Waals surface area (Å²) < 4.78 is 1.66. The molecule has 1 aromatic heterocycles. The molecule has 1 heterocycles. The Morgan fingerprint density at radius 1 is 1.17 bits per heavy atom. The van der Waals surface area contributed by atoms with Crippen molar-refractivity contribution in [3.63, 3.8) is 0 Å². The smallest absolute Gasteiger partial charge is 0.275 e. The first kappa shape index (κ1) is 16.9. The quantitative estimate of drug-likeness (QED) is 0.779. The predicted octanol–water partition coefficient (Wildman–Crippen LogP) is 1.63. The number of hydrogen-bond donors (Lipinski definition) is 0. The van der Waals surface area contributed by atoms with Crippen LogP contribution >= 0.6 is 0 Å². The second-order valence-corrected chi connectivity index (χ2v) is 5.67. The number of rotatable bonds is 7. The molecule has 0 fully saturated rings. The number of nitrogens with zero attached hydrogens (tertiary/aromatic N) is 5. The second kappa shape index (κ2) is 8.24. The lowest BCUT2D eigenvalue weighted by Crippen LogP contribution is -2.33. The summed E-state index contributed by atoms with van der Waals surface area (Å²) in [4.78, 5) is 15.9. The Morgan fingerprint density at radius 2 is 1.91 bits per heavy atom. The van der Waals surface area contributed by atoms with Crippen molar-refractivity contribution in [1.82, 2.24) is 24.8 Å².